The van der Waals surface area contributed by atoms with E-state index in [0.717, 1.165) is 32.2 Å². The van der Waals surface area contributed by atoms with Crippen molar-refractivity contribution in [2.75, 3.05) is 26.2 Å². The van der Waals surface area contributed by atoms with Gasteiger partial charge in [-0.15, -0.1) is 12.4 Å². The maximum atomic E-state index is 12.2. The molecule has 1 saturated heterocycles. The molecule has 3 N–H and O–H groups in total. The van der Waals surface area contributed by atoms with Crippen LogP contribution >= 0.6 is 12.4 Å². The van der Waals surface area contributed by atoms with Crippen molar-refractivity contribution in [3.05, 3.63) is 0 Å². The minimum atomic E-state index is -0.129. The van der Waals surface area contributed by atoms with Gasteiger partial charge < -0.3 is 16.0 Å². The highest BCUT2D eigenvalue weighted by molar-refractivity contribution is 5.86. The molecule has 2 rings (SSSR count). The second kappa shape index (κ2) is 6.57. The number of rotatable bonds is 4. The molecule has 5 nitrogen and oxygen atoms in total. The number of hydrogen-bond acceptors (Lipinski definition) is 3. The van der Waals surface area contributed by atoms with Crippen LogP contribution in [0.25, 0.3) is 0 Å². The normalized spacial score (nSPS) is 24.3. The maximum absolute atomic E-state index is 12.2. The van der Waals surface area contributed by atoms with Gasteiger partial charge in [0.2, 0.25) is 11.8 Å². The average molecular weight is 290 g/mol. The Kier molecular flexibility index (Phi) is 5.62. The van der Waals surface area contributed by atoms with E-state index in [1.807, 2.05) is 11.8 Å². The first-order valence-electron chi connectivity index (χ1n) is 6.84. The molecule has 1 heterocycles. The summed E-state index contributed by atoms with van der Waals surface area (Å²) in [6.45, 7) is 4.37. The van der Waals surface area contributed by atoms with E-state index in [9.17, 15) is 9.59 Å². The third kappa shape index (κ3) is 3.83. The molecule has 2 amide bonds. The lowest BCUT2D eigenvalue weighted by atomic mass is 9.95. The van der Waals surface area contributed by atoms with Gasteiger partial charge in [-0.25, -0.2) is 0 Å². The molecule has 110 valence electrons. The number of piperidine rings is 1. The van der Waals surface area contributed by atoms with Crippen LogP contribution in [0, 0.1) is 11.3 Å². The second-order valence-electron chi connectivity index (χ2n) is 5.73. The van der Waals surface area contributed by atoms with Gasteiger partial charge >= 0.3 is 0 Å². The molecule has 6 heteroatoms. The molecule has 0 radical (unpaired) electrons. The van der Waals surface area contributed by atoms with Gasteiger partial charge in [0.25, 0.3) is 0 Å². The summed E-state index contributed by atoms with van der Waals surface area (Å²) in [5, 5.41) is 2.81. The number of hydrogen-bond donors (Lipinski definition) is 2. The number of halogens is 1. The highest BCUT2D eigenvalue weighted by atomic mass is 35.5. The van der Waals surface area contributed by atoms with Gasteiger partial charge in [-0.2, -0.15) is 0 Å². The predicted octanol–water partition coefficient (Wildman–Crippen LogP) is 0.522. The molecule has 1 aliphatic heterocycles. The fourth-order valence-electron chi connectivity index (χ4n) is 2.50. The highest BCUT2D eigenvalue weighted by Crippen LogP contribution is 2.46. The molecule has 0 aromatic rings. The standard InChI is InChI=1S/C13H23N3O2.ClH/c1-13(4-5-13)12(18)16-8-2-3-10(9-16)11(17)15-7-6-14;/h10H,2-9,14H2,1H3,(H,15,17);1H. The average Bonchev–Trinajstić information content (AvgIpc) is 3.14. The summed E-state index contributed by atoms with van der Waals surface area (Å²) >= 11 is 0. The van der Waals surface area contributed by atoms with Crippen LogP contribution in [-0.2, 0) is 9.59 Å². The van der Waals surface area contributed by atoms with Gasteiger partial charge in [0.05, 0.1) is 5.92 Å². The Balaban J connectivity index is 0.00000180. The van der Waals surface area contributed by atoms with E-state index in [4.69, 9.17) is 5.73 Å². The fourth-order valence-corrected chi connectivity index (χ4v) is 2.50. The van der Waals surface area contributed by atoms with Crippen molar-refractivity contribution in [1.82, 2.24) is 10.2 Å². The summed E-state index contributed by atoms with van der Waals surface area (Å²) in [4.78, 5) is 26.0. The second-order valence-corrected chi connectivity index (χ2v) is 5.73. The summed E-state index contributed by atoms with van der Waals surface area (Å²) in [6.07, 6.45) is 3.78. The van der Waals surface area contributed by atoms with Gasteiger partial charge in [-0.3, -0.25) is 9.59 Å². The SMILES string of the molecule is CC1(C(=O)N2CCCC(C(=O)NCCN)C2)CC1.Cl. The first kappa shape index (κ1) is 16.2. The van der Waals surface area contributed by atoms with E-state index in [0.29, 0.717) is 19.6 Å². The zero-order chi connectivity index (χ0) is 13.2. The van der Waals surface area contributed by atoms with E-state index in [1.54, 1.807) is 0 Å². The predicted molar refractivity (Wildman–Crippen MR) is 76.0 cm³/mol. The molecule has 0 aromatic heterocycles. The summed E-state index contributed by atoms with van der Waals surface area (Å²) in [5.41, 5.74) is 5.24. The summed E-state index contributed by atoms with van der Waals surface area (Å²) in [7, 11) is 0. The molecular formula is C13H24ClN3O2. The van der Waals surface area contributed by atoms with Crippen LogP contribution < -0.4 is 11.1 Å². The fraction of sp³-hybridized carbons (Fsp3) is 0.846. The number of nitrogens with two attached hydrogens (primary N) is 1. The van der Waals surface area contributed by atoms with E-state index in [1.165, 1.54) is 0 Å². The molecular weight excluding hydrogens is 266 g/mol. The maximum Gasteiger partial charge on any atom is 0.228 e. The minimum absolute atomic E-state index is 0. The molecule has 1 atom stereocenters. The number of carbonyl (C=O) groups is 2. The zero-order valence-electron chi connectivity index (χ0n) is 11.5. The van der Waals surface area contributed by atoms with Crippen LogP contribution in [0.1, 0.15) is 32.6 Å². The molecule has 0 bridgehead atoms. The molecule has 1 aliphatic carbocycles. The molecule has 2 fully saturated rings. The third-order valence-corrected chi connectivity index (χ3v) is 4.04. The quantitative estimate of drug-likeness (QED) is 0.792. The van der Waals surface area contributed by atoms with Gasteiger partial charge in [0.15, 0.2) is 0 Å². The van der Waals surface area contributed by atoms with E-state index < -0.39 is 0 Å². The van der Waals surface area contributed by atoms with Crippen LogP contribution in [-0.4, -0.2) is 42.9 Å². The van der Waals surface area contributed by atoms with E-state index in [2.05, 4.69) is 5.32 Å². The smallest absolute Gasteiger partial charge is 0.228 e. The molecule has 1 saturated carbocycles. The van der Waals surface area contributed by atoms with Crippen LogP contribution in [0.5, 0.6) is 0 Å². The van der Waals surface area contributed by atoms with Crippen molar-refractivity contribution in [2.45, 2.75) is 32.6 Å². The van der Waals surface area contributed by atoms with Crippen LogP contribution in [0.3, 0.4) is 0 Å². The first-order chi connectivity index (χ1) is 8.57. The van der Waals surface area contributed by atoms with Crippen LogP contribution in [0.15, 0.2) is 0 Å². The Bertz CT molecular complexity index is 345. The Labute approximate surface area is 120 Å². The highest BCUT2D eigenvalue weighted by Gasteiger charge is 2.47. The topological polar surface area (TPSA) is 75.4 Å². The summed E-state index contributed by atoms with van der Waals surface area (Å²) in [6, 6.07) is 0. The van der Waals surface area contributed by atoms with E-state index >= 15 is 0 Å². The third-order valence-electron chi connectivity index (χ3n) is 4.04. The van der Waals surface area contributed by atoms with Crippen LogP contribution in [0.2, 0.25) is 0 Å². The molecule has 1 unspecified atom stereocenters. The molecule has 0 aromatic carbocycles. The van der Waals surface area contributed by atoms with E-state index in [-0.39, 0.29) is 35.6 Å². The van der Waals surface area contributed by atoms with Crippen molar-refractivity contribution in [1.29, 1.82) is 0 Å². The van der Waals surface area contributed by atoms with Gasteiger partial charge in [-0.05, 0) is 25.7 Å². The largest absolute Gasteiger partial charge is 0.355 e. The molecule has 2 aliphatic rings. The lowest BCUT2D eigenvalue weighted by Crippen LogP contribution is -2.47. The number of nitrogens with one attached hydrogen (secondary N) is 1. The number of likely N-dealkylation sites (tertiary alicyclic amines) is 1. The van der Waals surface area contributed by atoms with Crippen molar-refractivity contribution in [2.24, 2.45) is 17.1 Å². The minimum Gasteiger partial charge on any atom is -0.355 e. The molecule has 19 heavy (non-hydrogen) atoms. The monoisotopic (exact) mass is 289 g/mol. The Hall–Kier alpha value is -0.810. The van der Waals surface area contributed by atoms with Gasteiger partial charge in [0, 0.05) is 31.6 Å². The van der Waals surface area contributed by atoms with Crippen molar-refractivity contribution < 1.29 is 9.59 Å². The summed E-state index contributed by atoms with van der Waals surface area (Å²) in [5.74, 6) is 0.217. The van der Waals surface area contributed by atoms with Crippen LogP contribution in [0.4, 0.5) is 0 Å². The molecule has 0 spiro atoms. The summed E-state index contributed by atoms with van der Waals surface area (Å²) < 4.78 is 0. The lowest BCUT2D eigenvalue weighted by molar-refractivity contribution is -0.140. The van der Waals surface area contributed by atoms with Crippen molar-refractivity contribution in [3.8, 4) is 0 Å². The Morgan fingerprint density at radius 1 is 1.42 bits per heavy atom. The van der Waals surface area contributed by atoms with Crippen molar-refractivity contribution in [3.63, 3.8) is 0 Å². The number of nitrogens with zero attached hydrogens (tertiary/aromatic N) is 1. The van der Waals surface area contributed by atoms with Gasteiger partial charge in [-0.1, -0.05) is 6.92 Å². The zero-order valence-corrected chi connectivity index (χ0v) is 12.3. The Morgan fingerprint density at radius 2 is 2.11 bits per heavy atom. The van der Waals surface area contributed by atoms with Gasteiger partial charge in [0.1, 0.15) is 0 Å². The first-order valence-corrected chi connectivity index (χ1v) is 6.84. The van der Waals surface area contributed by atoms with Crippen molar-refractivity contribution >= 4 is 24.2 Å². The lowest BCUT2D eigenvalue weighted by Gasteiger charge is -2.33. The number of carbonyl (C=O) groups excluding carboxylic acids is 2. The number of amides is 2. The Morgan fingerprint density at radius 3 is 2.68 bits per heavy atom.